The predicted octanol–water partition coefficient (Wildman–Crippen LogP) is 0.477. The van der Waals surface area contributed by atoms with Gasteiger partial charge in [-0.3, -0.25) is 19.2 Å². The SMILES string of the molecule is CC(=O)OC[C@H]1OC(S)C(CC(=O)O)C(CC(=O)O)C1CC(=O)O. The average Bonchev–Trinajstić information content (AvgIpc) is 2.42. The highest BCUT2D eigenvalue weighted by Crippen LogP contribution is 2.42. The summed E-state index contributed by atoms with van der Waals surface area (Å²) in [5.41, 5.74) is -0.906. The van der Waals surface area contributed by atoms with Crippen molar-refractivity contribution in [3.8, 4) is 0 Å². The molecule has 0 bridgehead atoms. The minimum atomic E-state index is -1.18. The van der Waals surface area contributed by atoms with E-state index in [2.05, 4.69) is 12.6 Å². The quantitative estimate of drug-likeness (QED) is 0.356. The molecule has 1 rings (SSSR count). The topological polar surface area (TPSA) is 147 Å². The number of carboxylic acid groups (broad SMARTS) is 3. The molecule has 0 aliphatic carbocycles. The highest BCUT2D eigenvalue weighted by molar-refractivity contribution is 7.80. The van der Waals surface area contributed by atoms with Gasteiger partial charge in [-0.25, -0.2) is 0 Å². The van der Waals surface area contributed by atoms with Crippen molar-refractivity contribution in [2.75, 3.05) is 6.61 Å². The van der Waals surface area contributed by atoms with Gasteiger partial charge < -0.3 is 24.8 Å². The van der Waals surface area contributed by atoms with E-state index in [9.17, 15) is 19.2 Å². The molecule has 10 heteroatoms. The molecule has 0 aromatic carbocycles. The number of rotatable bonds is 8. The number of carbonyl (C=O) groups is 4. The van der Waals surface area contributed by atoms with Crippen LogP contribution < -0.4 is 0 Å². The summed E-state index contributed by atoms with van der Waals surface area (Å²) in [7, 11) is 0. The first-order valence-electron chi connectivity index (χ1n) is 7.24. The summed E-state index contributed by atoms with van der Waals surface area (Å²) in [6.45, 7) is 0.926. The van der Waals surface area contributed by atoms with E-state index in [-0.39, 0.29) is 6.61 Å². The van der Waals surface area contributed by atoms with Crippen LogP contribution in [0.2, 0.25) is 0 Å². The second-order valence-corrected chi connectivity index (χ2v) is 6.16. The molecule has 0 radical (unpaired) electrons. The highest BCUT2D eigenvalue weighted by atomic mass is 32.1. The predicted molar refractivity (Wildman–Crippen MR) is 81.5 cm³/mol. The fraction of sp³-hybridized carbons (Fsp3) is 0.714. The Bertz CT molecular complexity index is 506. The Morgan fingerprint density at radius 1 is 0.917 bits per heavy atom. The first-order chi connectivity index (χ1) is 11.1. The van der Waals surface area contributed by atoms with Gasteiger partial charge in [0.1, 0.15) is 12.0 Å². The van der Waals surface area contributed by atoms with Crippen molar-refractivity contribution in [3.63, 3.8) is 0 Å². The highest BCUT2D eigenvalue weighted by Gasteiger charge is 2.47. The number of hydrogen-bond donors (Lipinski definition) is 4. The van der Waals surface area contributed by atoms with E-state index in [1.807, 2.05) is 0 Å². The lowest BCUT2D eigenvalue weighted by Crippen LogP contribution is -2.49. The maximum absolute atomic E-state index is 11.2. The van der Waals surface area contributed by atoms with Gasteiger partial charge >= 0.3 is 23.9 Å². The maximum atomic E-state index is 11.2. The summed E-state index contributed by atoms with van der Waals surface area (Å²) in [6, 6.07) is 0. The lowest BCUT2D eigenvalue weighted by molar-refractivity contribution is -0.172. The lowest BCUT2D eigenvalue weighted by atomic mass is 9.72. The van der Waals surface area contributed by atoms with Crippen LogP contribution in [0.25, 0.3) is 0 Å². The number of esters is 1. The molecular weight excluding hydrogens is 344 g/mol. The molecule has 1 heterocycles. The zero-order valence-corrected chi connectivity index (χ0v) is 13.8. The minimum Gasteiger partial charge on any atom is -0.481 e. The number of carbonyl (C=O) groups excluding carboxylic acids is 1. The number of carboxylic acids is 3. The maximum Gasteiger partial charge on any atom is 0.303 e. The van der Waals surface area contributed by atoms with E-state index in [4.69, 9.17) is 24.8 Å². The Kier molecular flexibility index (Phi) is 7.49. The third-order valence-electron chi connectivity index (χ3n) is 3.94. The largest absolute Gasteiger partial charge is 0.481 e. The minimum absolute atomic E-state index is 0.250. The van der Waals surface area contributed by atoms with Crippen LogP contribution in [-0.2, 0) is 28.7 Å². The average molecular weight is 364 g/mol. The number of aliphatic carboxylic acids is 3. The second kappa shape index (κ2) is 8.88. The van der Waals surface area contributed by atoms with Crippen LogP contribution >= 0.6 is 12.6 Å². The molecule has 0 aromatic heterocycles. The molecule has 0 saturated carbocycles. The second-order valence-electron chi connectivity index (χ2n) is 5.65. The summed E-state index contributed by atoms with van der Waals surface area (Å²) in [5, 5.41) is 27.2. The van der Waals surface area contributed by atoms with Gasteiger partial charge in [-0.05, 0) is 5.92 Å². The zero-order chi connectivity index (χ0) is 18.4. The van der Waals surface area contributed by atoms with Crippen LogP contribution in [0.1, 0.15) is 26.2 Å². The molecule has 1 aliphatic rings. The van der Waals surface area contributed by atoms with E-state index < -0.39 is 72.4 Å². The fourth-order valence-corrected chi connectivity index (χ4v) is 3.47. The summed E-state index contributed by atoms with van der Waals surface area (Å²) < 4.78 is 10.4. The first-order valence-corrected chi connectivity index (χ1v) is 7.75. The van der Waals surface area contributed by atoms with Gasteiger partial charge in [0, 0.05) is 25.2 Å². The molecule has 24 heavy (non-hydrogen) atoms. The van der Waals surface area contributed by atoms with Crippen LogP contribution in [0.5, 0.6) is 0 Å². The van der Waals surface area contributed by atoms with E-state index in [0.29, 0.717) is 0 Å². The van der Waals surface area contributed by atoms with E-state index >= 15 is 0 Å². The van der Waals surface area contributed by atoms with Crippen molar-refractivity contribution in [1.82, 2.24) is 0 Å². The number of thiol groups is 1. The molecule has 4 unspecified atom stereocenters. The van der Waals surface area contributed by atoms with Crippen LogP contribution in [0, 0.1) is 17.8 Å². The Morgan fingerprint density at radius 3 is 1.83 bits per heavy atom. The van der Waals surface area contributed by atoms with Crippen LogP contribution in [0.4, 0.5) is 0 Å². The van der Waals surface area contributed by atoms with Gasteiger partial charge in [0.2, 0.25) is 0 Å². The van der Waals surface area contributed by atoms with Crippen molar-refractivity contribution in [3.05, 3.63) is 0 Å². The Labute approximate surface area is 143 Å². The van der Waals surface area contributed by atoms with Crippen molar-refractivity contribution < 1.29 is 44.0 Å². The van der Waals surface area contributed by atoms with E-state index in [1.54, 1.807) is 0 Å². The third-order valence-corrected chi connectivity index (χ3v) is 4.44. The van der Waals surface area contributed by atoms with Crippen LogP contribution in [0.3, 0.4) is 0 Å². The molecule has 9 nitrogen and oxygen atoms in total. The summed E-state index contributed by atoms with van der Waals surface area (Å²) >= 11 is 4.18. The molecule has 3 N–H and O–H groups in total. The van der Waals surface area contributed by atoms with Crippen LogP contribution in [-0.4, -0.2) is 57.3 Å². The summed E-state index contributed by atoms with van der Waals surface area (Å²) in [6.07, 6.45) is -2.13. The molecule has 0 amide bonds. The standard InChI is InChI=1S/C14H20O9S/c1-6(15)22-5-10-8(3-12(18)19)7(2-11(16)17)9(4-13(20)21)14(24)23-10/h7-10,14,24H,2-5H2,1H3,(H,16,17)(H,18,19)(H,20,21)/t7?,8?,9?,10-,14?/m1/s1. The molecular formula is C14H20O9S. The Balaban J connectivity index is 3.11. The van der Waals surface area contributed by atoms with Gasteiger partial charge in [0.25, 0.3) is 0 Å². The van der Waals surface area contributed by atoms with Gasteiger partial charge in [-0.1, -0.05) is 0 Å². The van der Waals surface area contributed by atoms with Crippen molar-refractivity contribution >= 4 is 36.5 Å². The van der Waals surface area contributed by atoms with Gasteiger partial charge in [-0.15, -0.1) is 12.6 Å². The Morgan fingerprint density at radius 2 is 1.38 bits per heavy atom. The normalized spacial score (nSPS) is 29.7. The molecule has 136 valence electrons. The molecule has 0 aromatic rings. The monoisotopic (exact) mass is 364 g/mol. The van der Waals surface area contributed by atoms with Crippen molar-refractivity contribution in [2.45, 2.75) is 37.7 Å². The van der Waals surface area contributed by atoms with E-state index in [0.717, 1.165) is 0 Å². The molecule has 5 atom stereocenters. The summed E-state index contributed by atoms with van der Waals surface area (Å²) in [5.74, 6) is -6.49. The fourth-order valence-electron chi connectivity index (χ4n) is 2.99. The van der Waals surface area contributed by atoms with Crippen LogP contribution in [0.15, 0.2) is 0 Å². The third kappa shape index (κ3) is 6.00. The Hall–Kier alpha value is -1.81. The number of hydrogen-bond acceptors (Lipinski definition) is 7. The zero-order valence-electron chi connectivity index (χ0n) is 13.0. The smallest absolute Gasteiger partial charge is 0.303 e. The van der Waals surface area contributed by atoms with Gasteiger partial charge in [-0.2, -0.15) is 0 Å². The van der Waals surface area contributed by atoms with Crippen molar-refractivity contribution in [1.29, 1.82) is 0 Å². The molecule has 0 spiro atoms. The van der Waals surface area contributed by atoms with Gasteiger partial charge in [0.05, 0.1) is 18.9 Å². The molecule has 1 aliphatic heterocycles. The van der Waals surface area contributed by atoms with Gasteiger partial charge in [0.15, 0.2) is 0 Å². The van der Waals surface area contributed by atoms with E-state index in [1.165, 1.54) is 6.92 Å². The molecule has 1 saturated heterocycles. The number of ether oxygens (including phenoxy) is 2. The molecule has 1 fully saturated rings. The van der Waals surface area contributed by atoms with Crippen molar-refractivity contribution in [2.24, 2.45) is 17.8 Å². The summed E-state index contributed by atoms with van der Waals surface area (Å²) in [4.78, 5) is 44.3. The first kappa shape index (κ1) is 20.2. The lowest BCUT2D eigenvalue weighted by Gasteiger charge is -2.44.